The van der Waals surface area contributed by atoms with Crippen LogP contribution in [0.3, 0.4) is 0 Å². The first-order valence-electron chi connectivity index (χ1n) is 5.97. The van der Waals surface area contributed by atoms with E-state index in [0.717, 1.165) is 25.7 Å². The minimum atomic E-state index is -3.38. The molecule has 100 valence electrons. The highest BCUT2D eigenvalue weighted by molar-refractivity contribution is 9.10. The summed E-state index contributed by atoms with van der Waals surface area (Å²) in [6.45, 7) is 1.23. The second-order valence-electron chi connectivity index (χ2n) is 4.39. The van der Waals surface area contributed by atoms with Crippen LogP contribution in [-0.2, 0) is 10.0 Å². The Kier molecular flexibility index (Phi) is 4.69. The fourth-order valence-electron chi connectivity index (χ4n) is 2.07. The van der Waals surface area contributed by atoms with E-state index in [1.807, 2.05) is 0 Å². The summed E-state index contributed by atoms with van der Waals surface area (Å²) >= 11 is 9.15. The van der Waals surface area contributed by atoms with E-state index in [1.54, 1.807) is 22.5 Å². The summed E-state index contributed by atoms with van der Waals surface area (Å²) in [4.78, 5) is 0.306. The second-order valence-corrected chi connectivity index (χ2v) is 7.59. The number of benzene rings is 1. The van der Waals surface area contributed by atoms with Gasteiger partial charge in [0.05, 0.1) is 9.92 Å². The van der Waals surface area contributed by atoms with Crippen LogP contribution in [-0.4, -0.2) is 25.8 Å². The topological polar surface area (TPSA) is 37.4 Å². The van der Waals surface area contributed by atoms with Crippen LogP contribution >= 0.6 is 27.5 Å². The lowest BCUT2D eigenvalue weighted by Gasteiger charge is -2.20. The van der Waals surface area contributed by atoms with Crippen LogP contribution in [0.1, 0.15) is 25.7 Å². The van der Waals surface area contributed by atoms with Crippen molar-refractivity contribution in [3.8, 4) is 0 Å². The molecular formula is C12H15BrClNO2S. The Labute approximate surface area is 121 Å². The Morgan fingerprint density at radius 3 is 2.28 bits per heavy atom. The molecule has 1 saturated heterocycles. The molecule has 0 spiro atoms. The van der Waals surface area contributed by atoms with Gasteiger partial charge in [-0.05, 0) is 47.0 Å². The van der Waals surface area contributed by atoms with Crippen molar-refractivity contribution in [1.29, 1.82) is 0 Å². The summed E-state index contributed by atoms with van der Waals surface area (Å²) in [5, 5.41) is 0.518. The molecule has 0 saturated carbocycles. The molecule has 1 aromatic carbocycles. The molecular weight excluding hydrogens is 338 g/mol. The van der Waals surface area contributed by atoms with E-state index in [1.165, 1.54) is 0 Å². The van der Waals surface area contributed by atoms with Gasteiger partial charge in [-0.2, -0.15) is 4.31 Å². The molecule has 1 aliphatic rings. The standard InChI is InChI=1S/C12H15BrClNO2S/c13-11-9-10(5-6-12(11)14)18(16,17)15-7-3-1-2-4-8-15/h5-6,9H,1-4,7-8H2. The largest absolute Gasteiger partial charge is 0.243 e. The first-order valence-corrected chi connectivity index (χ1v) is 8.58. The van der Waals surface area contributed by atoms with Crippen molar-refractivity contribution in [2.24, 2.45) is 0 Å². The lowest BCUT2D eigenvalue weighted by Crippen LogP contribution is -2.31. The van der Waals surface area contributed by atoms with Gasteiger partial charge in [-0.1, -0.05) is 24.4 Å². The van der Waals surface area contributed by atoms with Gasteiger partial charge >= 0.3 is 0 Å². The molecule has 1 aliphatic heterocycles. The maximum Gasteiger partial charge on any atom is 0.243 e. The molecule has 6 heteroatoms. The van der Waals surface area contributed by atoms with Crippen molar-refractivity contribution in [3.05, 3.63) is 27.7 Å². The van der Waals surface area contributed by atoms with E-state index < -0.39 is 10.0 Å². The van der Waals surface area contributed by atoms with Crippen LogP contribution in [0.25, 0.3) is 0 Å². The summed E-state index contributed by atoms with van der Waals surface area (Å²) in [6, 6.07) is 4.74. The molecule has 0 unspecified atom stereocenters. The van der Waals surface area contributed by atoms with Gasteiger partial charge < -0.3 is 0 Å². The van der Waals surface area contributed by atoms with Crippen LogP contribution in [0.4, 0.5) is 0 Å². The summed E-state index contributed by atoms with van der Waals surface area (Å²) in [7, 11) is -3.38. The highest BCUT2D eigenvalue weighted by Gasteiger charge is 2.25. The summed E-state index contributed by atoms with van der Waals surface area (Å²) < 4.78 is 27.1. The van der Waals surface area contributed by atoms with E-state index in [0.29, 0.717) is 27.5 Å². The number of hydrogen-bond acceptors (Lipinski definition) is 2. The highest BCUT2D eigenvalue weighted by atomic mass is 79.9. The molecule has 0 N–H and O–H groups in total. The van der Waals surface area contributed by atoms with Crippen LogP contribution in [0, 0.1) is 0 Å². The molecule has 0 aliphatic carbocycles. The number of rotatable bonds is 2. The monoisotopic (exact) mass is 351 g/mol. The number of hydrogen-bond donors (Lipinski definition) is 0. The van der Waals surface area contributed by atoms with Crippen molar-refractivity contribution < 1.29 is 8.42 Å². The van der Waals surface area contributed by atoms with E-state index in [9.17, 15) is 8.42 Å². The zero-order chi connectivity index (χ0) is 13.2. The Hall–Kier alpha value is -0.100. The number of sulfonamides is 1. The number of nitrogens with zero attached hydrogens (tertiary/aromatic N) is 1. The predicted octanol–water partition coefficient (Wildman–Crippen LogP) is 3.67. The Morgan fingerprint density at radius 2 is 1.72 bits per heavy atom. The van der Waals surface area contributed by atoms with E-state index in [2.05, 4.69) is 15.9 Å². The third kappa shape index (κ3) is 3.07. The number of halogens is 2. The van der Waals surface area contributed by atoms with E-state index in [-0.39, 0.29) is 0 Å². The molecule has 0 atom stereocenters. The molecule has 3 nitrogen and oxygen atoms in total. The van der Waals surface area contributed by atoms with E-state index in [4.69, 9.17) is 11.6 Å². The van der Waals surface area contributed by atoms with Crippen molar-refractivity contribution in [2.75, 3.05) is 13.1 Å². The van der Waals surface area contributed by atoms with Crippen molar-refractivity contribution in [1.82, 2.24) is 4.31 Å². The maximum atomic E-state index is 12.5. The Bertz CT molecular complexity index is 525. The van der Waals surface area contributed by atoms with Crippen molar-refractivity contribution >= 4 is 37.6 Å². The van der Waals surface area contributed by atoms with Gasteiger partial charge in [0.25, 0.3) is 0 Å². The minimum Gasteiger partial charge on any atom is -0.207 e. The lowest BCUT2D eigenvalue weighted by molar-refractivity contribution is 0.423. The minimum absolute atomic E-state index is 0.306. The van der Waals surface area contributed by atoms with Crippen LogP contribution in [0.5, 0.6) is 0 Å². The summed E-state index contributed by atoms with van der Waals surface area (Å²) in [6.07, 6.45) is 4.09. The normalized spacial score (nSPS) is 18.6. The average Bonchev–Trinajstić information content (AvgIpc) is 2.61. The van der Waals surface area contributed by atoms with Crippen molar-refractivity contribution in [2.45, 2.75) is 30.6 Å². The van der Waals surface area contributed by atoms with Gasteiger partial charge in [-0.15, -0.1) is 0 Å². The van der Waals surface area contributed by atoms with Crippen LogP contribution in [0.15, 0.2) is 27.6 Å². The zero-order valence-corrected chi connectivity index (χ0v) is 13.1. The van der Waals surface area contributed by atoms with Gasteiger partial charge in [0.1, 0.15) is 0 Å². The fourth-order valence-corrected chi connectivity index (χ4v) is 4.26. The Balaban J connectivity index is 2.31. The van der Waals surface area contributed by atoms with Gasteiger partial charge in [0.2, 0.25) is 10.0 Å². The van der Waals surface area contributed by atoms with Gasteiger partial charge in [0, 0.05) is 17.6 Å². The van der Waals surface area contributed by atoms with Gasteiger partial charge in [-0.3, -0.25) is 0 Å². The first kappa shape index (κ1) is 14.3. The quantitative estimate of drug-likeness (QED) is 0.814. The molecule has 0 radical (unpaired) electrons. The van der Waals surface area contributed by atoms with Crippen LogP contribution < -0.4 is 0 Å². The Morgan fingerprint density at radius 1 is 1.11 bits per heavy atom. The fraction of sp³-hybridized carbons (Fsp3) is 0.500. The average molecular weight is 353 g/mol. The second kappa shape index (κ2) is 5.90. The smallest absolute Gasteiger partial charge is 0.207 e. The third-order valence-corrected chi connectivity index (χ3v) is 6.20. The van der Waals surface area contributed by atoms with Crippen LogP contribution in [0.2, 0.25) is 5.02 Å². The lowest BCUT2D eigenvalue weighted by atomic mass is 10.2. The van der Waals surface area contributed by atoms with E-state index >= 15 is 0 Å². The zero-order valence-electron chi connectivity index (χ0n) is 9.90. The molecule has 1 aromatic rings. The summed E-state index contributed by atoms with van der Waals surface area (Å²) in [5.74, 6) is 0. The molecule has 18 heavy (non-hydrogen) atoms. The summed E-state index contributed by atoms with van der Waals surface area (Å²) in [5.41, 5.74) is 0. The SMILES string of the molecule is O=S(=O)(c1ccc(Cl)c(Br)c1)N1CCCCCC1. The third-order valence-electron chi connectivity index (χ3n) is 3.09. The van der Waals surface area contributed by atoms with Crippen molar-refractivity contribution in [3.63, 3.8) is 0 Å². The highest BCUT2D eigenvalue weighted by Crippen LogP contribution is 2.27. The molecule has 1 heterocycles. The maximum absolute atomic E-state index is 12.5. The first-order chi connectivity index (χ1) is 8.51. The molecule has 0 aromatic heterocycles. The molecule has 0 amide bonds. The molecule has 2 rings (SSSR count). The molecule has 1 fully saturated rings. The van der Waals surface area contributed by atoms with Gasteiger partial charge in [0.15, 0.2) is 0 Å². The molecule has 0 bridgehead atoms. The van der Waals surface area contributed by atoms with Gasteiger partial charge in [-0.25, -0.2) is 8.42 Å². The predicted molar refractivity (Wildman–Crippen MR) is 76.4 cm³/mol.